The van der Waals surface area contributed by atoms with Crippen molar-refractivity contribution in [2.45, 2.75) is 33.2 Å². The molecule has 0 amide bonds. The first-order valence-corrected chi connectivity index (χ1v) is 4.12. The summed E-state index contributed by atoms with van der Waals surface area (Å²) >= 11 is 4.97. The van der Waals surface area contributed by atoms with Crippen molar-refractivity contribution < 1.29 is 0 Å². The van der Waals surface area contributed by atoms with E-state index in [0.717, 1.165) is 18.1 Å². The Kier molecular flexibility index (Phi) is 5.30. The minimum absolute atomic E-state index is 0.428. The third-order valence-corrected chi connectivity index (χ3v) is 1.22. The Hall–Kier alpha value is -0.310. The molecule has 0 aromatic carbocycles. The third kappa shape index (κ3) is 5.82. The first kappa shape index (κ1) is 9.69. The minimum atomic E-state index is 0.428. The number of rotatable bonds is 3. The van der Waals surface area contributed by atoms with Crippen LogP contribution in [0.5, 0.6) is 0 Å². The summed E-state index contributed by atoms with van der Waals surface area (Å²) in [6.07, 6.45) is 1.11. The molecule has 0 bridgehead atoms. The second-order valence-corrected chi connectivity index (χ2v) is 2.96. The first-order valence-electron chi connectivity index (χ1n) is 3.71. The average molecular weight is 160 g/mol. The van der Waals surface area contributed by atoms with Crippen LogP contribution in [0.2, 0.25) is 0 Å². The highest BCUT2D eigenvalue weighted by Gasteiger charge is 1.94. The second kappa shape index (κ2) is 5.47. The first-order chi connectivity index (χ1) is 4.66. The van der Waals surface area contributed by atoms with Gasteiger partial charge in [0.1, 0.15) is 0 Å². The summed E-state index contributed by atoms with van der Waals surface area (Å²) in [5.41, 5.74) is 0. The molecule has 0 saturated heterocycles. The number of thiocarbonyl (C=S) groups is 1. The molecule has 0 saturated carbocycles. The van der Waals surface area contributed by atoms with E-state index in [0.29, 0.717) is 6.04 Å². The summed E-state index contributed by atoms with van der Waals surface area (Å²) in [5.74, 6) is 0. The molecule has 0 aromatic heterocycles. The molecule has 60 valence electrons. The van der Waals surface area contributed by atoms with Crippen LogP contribution in [0.15, 0.2) is 0 Å². The lowest BCUT2D eigenvalue weighted by Gasteiger charge is -2.11. The molecule has 0 aliphatic carbocycles. The van der Waals surface area contributed by atoms with Gasteiger partial charge in [-0.15, -0.1) is 0 Å². The molecule has 2 nitrogen and oxygen atoms in total. The highest BCUT2D eigenvalue weighted by atomic mass is 32.1. The molecule has 0 atom stereocenters. The molecule has 0 aromatic rings. The minimum Gasteiger partial charge on any atom is -0.363 e. The normalized spacial score (nSPS) is 9.60. The summed E-state index contributed by atoms with van der Waals surface area (Å²) in [6, 6.07) is 0.428. The summed E-state index contributed by atoms with van der Waals surface area (Å²) in [7, 11) is 0. The molecule has 0 aliphatic rings. The monoisotopic (exact) mass is 160 g/mol. The van der Waals surface area contributed by atoms with Crippen molar-refractivity contribution in [1.82, 2.24) is 10.6 Å². The number of nitrogens with one attached hydrogen (secondary N) is 2. The molecule has 2 N–H and O–H groups in total. The van der Waals surface area contributed by atoms with E-state index in [1.165, 1.54) is 0 Å². The molecule has 0 radical (unpaired) electrons. The Balaban J connectivity index is 3.26. The van der Waals surface area contributed by atoms with E-state index < -0.39 is 0 Å². The van der Waals surface area contributed by atoms with Gasteiger partial charge in [-0.1, -0.05) is 6.92 Å². The van der Waals surface area contributed by atoms with Crippen molar-refractivity contribution >= 4 is 17.3 Å². The van der Waals surface area contributed by atoms with E-state index in [4.69, 9.17) is 12.2 Å². The van der Waals surface area contributed by atoms with E-state index in [1.807, 2.05) is 0 Å². The van der Waals surface area contributed by atoms with Gasteiger partial charge in [0, 0.05) is 12.6 Å². The van der Waals surface area contributed by atoms with Crippen molar-refractivity contribution in [1.29, 1.82) is 0 Å². The van der Waals surface area contributed by atoms with Gasteiger partial charge in [0.2, 0.25) is 0 Å². The Morgan fingerprint density at radius 2 is 2.10 bits per heavy atom. The lowest BCUT2D eigenvalue weighted by molar-refractivity contribution is 0.708. The fraction of sp³-hybridized carbons (Fsp3) is 0.857. The van der Waals surface area contributed by atoms with E-state index in [2.05, 4.69) is 31.4 Å². The van der Waals surface area contributed by atoms with Crippen molar-refractivity contribution in [3.63, 3.8) is 0 Å². The number of hydrogen-bond donors (Lipinski definition) is 2. The summed E-state index contributed by atoms with van der Waals surface area (Å²) in [5, 5.41) is 6.94. The Morgan fingerprint density at radius 3 is 2.50 bits per heavy atom. The van der Waals surface area contributed by atoms with Crippen LogP contribution in [-0.2, 0) is 0 Å². The van der Waals surface area contributed by atoms with Crippen molar-refractivity contribution in [2.75, 3.05) is 6.54 Å². The molecule has 3 heteroatoms. The molecule has 10 heavy (non-hydrogen) atoms. The Labute approximate surface area is 68.4 Å². The summed E-state index contributed by atoms with van der Waals surface area (Å²) < 4.78 is 0. The van der Waals surface area contributed by atoms with E-state index in [9.17, 15) is 0 Å². The standard InChI is InChI=1S/C7H16N2S/c1-4-5-8-7(10)9-6(2)3/h6H,4-5H2,1-3H3,(H2,8,9,10). The largest absolute Gasteiger partial charge is 0.363 e. The lowest BCUT2D eigenvalue weighted by atomic mass is 10.4. The zero-order valence-electron chi connectivity index (χ0n) is 6.90. The molecule has 0 unspecified atom stereocenters. The van der Waals surface area contributed by atoms with Gasteiger partial charge in [-0.2, -0.15) is 0 Å². The molecule has 0 spiro atoms. The van der Waals surface area contributed by atoms with Gasteiger partial charge in [-0.05, 0) is 32.5 Å². The fourth-order valence-corrected chi connectivity index (χ4v) is 0.890. The van der Waals surface area contributed by atoms with Gasteiger partial charge in [-0.25, -0.2) is 0 Å². The summed E-state index contributed by atoms with van der Waals surface area (Å²) in [6.45, 7) is 7.21. The molecular formula is C7H16N2S. The van der Waals surface area contributed by atoms with E-state index in [1.54, 1.807) is 0 Å². The van der Waals surface area contributed by atoms with Crippen LogP contribution in [0.3, 0.4) is 0 Å². The van der Waals surface area contributed by atoms with E-state index in [-0.39, 0.29) is 0 Å². The van der Waals surface area contributed by atoms with Gasteiger partial charge in [0.05, 0.1) is 0 Å². The van der Waals surface area contributed by atoms with Gasteiger partial charge >= 0.3 is 0 Å². The van der Waals surface area contributed by atoms with Crippen LogP contribution in [0, 0.1) is 0 Å². The predicted molar refractivity (Wildman–Crippen MR) is 49.2 cm³/mol. The highest BCUT2D eigenvalue weighted by Crippen LogP contribution is 1.77. The second-order valence-electron chi connectivity index (χ2n) is 2.55. The molecule has 0 rings (SSSR count). The van der Waals surface area contributed by atoms with Crippen molar-refractivity contribution in [3.8, 4) is 0 Å². The predicted octanol–water partition coefficient (Wildman–Crippen LogP) is 1.27. The smallest absolute Gasteiger partial charge is 0.166 e. The van der Waals surface area contributed by atoms with Crippen molar-refractivity contribution in [3.05, 3.63) is 0 Å². The van der Waals surface area contributed by atoms with Crippen LogP contribution in [0.1, 0.15) is 27.2 Å². The highest BCUT2D eigenvalue weighted by molar-refractivity contribution is 7.80. The molecule has 0 heterocycles. The maximum Gasteiger partial charge on any atom is 0.166 e. The van der Waals surface area contributed by atoms with E-state index >= 15 is 0 Å². The van der Waals surface area contributed by atoms with Crippen molar-refractivity contribution in [2.24, 2.45) is 0 Å². The zero-order valence-corrected chi connectivity index (χ0v) is 7.72. The fourth-order valence-electron chi connectivity index (χ4n) is 0.552. The lowest BCUT2D eigenvalue weighted by Crippen LogP contribution is -2.39. The molecular weight excluding hydrogens is 144 g/mol. The number of hydrogen-bond acceptors (Lipinski definition) is 1. The summed E-state index contributed by atoms with van der Waals surface area (Å²) in [4.78, 5) is 0. The zero-order chi connectivity index (χ0) is 7.98. The SMILES string of the molecule is CCCNC(=S)NC(C)C. The van der Waals surface area contributed by atoms with Crippen LogP contribution >= 0.6 is 12.2 Å². The molecule has 0 fully saturated rings. The quantitative estimate of drug-likeness (QED) is 0.608. The van der Waals surface area contributed by atoms with Gasteiger partial charge in [-0.3, -0.25) is 0 Å². The Morgan fingerprint density at radius 1 is 1.50 bits per heavy atom. The van der Waals surface area contributed by atoms with Gasteiger partial charge < -0.3 is 10.6 Å². The average Bonchev–Trinajstić information content (AvgIpc) is 1.82. The Bertz CT molecular complexity index is 102. The van der Waals surface area contributed by atoms with Crippen LogP contribution in [0.25, 0.3) is 0 Å². The topological polar surface area (TPSA) is 24.1 Å². The van der Waals surface area contributed by atoms with Crippen LogP contribution in [-0.4, -0.2) is 17.7 Å². The third-order valence-electron chi connectivity index (χ3n) is 0.955. The van der Waals surface area contributed by atoms with Gasteiger partial charge in [0.25, 0.3) is 0 Å². The van der Waals surface area contributed by atoms with Crippen LogP contribution < -0.4 is 10.6 Å². The van der Waals surface area contributed by atoms with Crippen LogP contribution in [0.4, 0.5) is 0 Å². The van der Waals surface area contributed by atoms with Gasteiger partial charge in [0.15, 0.2) is 5.11 Å². The maximum absolute atomic E-state index is 4.97. The maximum atomic E-state index is 4.97. The molecule has 0 aliphatic heterocycles.